The number of hydrogen-bond donors (Lipinski definition) is 0. The van der Waals surface area contributed by atoms with Crippen molar-refractivity contribution in [2.75, 3.05) is 13.1 Å². The SMILES string of the molecule is CCN(CC)S(=O)(=O)c1cc(C(=O)c2c(-c3ccc(Cl)cc3)cc3ccccn23)ccc1F. The van der Waals surface area contributed by atoms with Crippen LogP contribution in [0.15, 0.2) is 77.8 Å². The lowest BCUT2D eigenvalue weighted by Crippen LogP contribution is -2.31. The predicted octanol–water partition coefficient (Wildman–Crippen LogP) is 5.66. The molecular formula is C25H22ClFN2O3S. The molecule has 0 N–H and O–H groups in total. The van der Waals surface area contributed by atoms with Crippen molar-refractivity contribution in [3.8, 4) is 11.1 Å². The standard InChI is InChI=1S/C25H22ClFN2O3S/c1-3-28(4-2)33(31,32)23-15-18(10-13-22(23)27)25(30)24-21(17-8-11-19(26)12-9-17)16-20-7-5-6-14-29(20)24/h5-16H,3-4H2,1-2H3. The van der Waals surface area contributed by atoms with Gasteiger partial charge in [0, 0.05) is 41.0 Å². The van der Waals surface area contributed by atoms with E-state index in [0.717, 1.165) is 27.5 Å². The minimum Gasteiger partial charge on any atom is -0.313 e. The topological polar surface area (TPSA) is 58.9 Å². The molecule has 0 unspecified atom stereocenters. The summed E-state index contributed by atoms with van der Waals surface area (Å²) in [5.41, 5.74) is 2.68. The number of carbonyl (C=O) groups excluding carboxylic acids is 1. The fourth-order valence-electron chi connectivity index (χ4n) is 3.89. The Bertz CT molecular complexity index is 1440. The largest absolute Gasteiger partial charge is 0.313 e. The van der Waals surface area contributed by atoms with E-state index in [9.17, 15) is 17.6 Å². The van der Waals surface area contributed by atoms with Crippen LogP contribution in [0, 0.1) is 5.82 Å². The third kappa shape index (κ3) is 4.19. The van der Waals surface area contributed by atoms with E-state index < -0.39 is 26.5 Å². The van der Waals surface area contributed by atoms with Crippen LogP contribution in [0.2, 0.25) is 5.02 Å². The third-order valence-electron chi connectivity index (χ3n) is 5.57. The lowest BCUT2D eigenvalue weighted by Gasteiger charge is -2.19. The molecule has 0 aliphatic heterocycles. The van der Waals surface area contributed by atoms with Gasteiger partial charge in [0.15, 0.2) is 0 Å². The summed E-state index contributed by atoms with van der Waals surface area (Å²) in [6.07, 6.45) is 1.76. The van der Waals surface area contributed by atoms with Crippen molar-refractivity contribution in [2.24, 2.45) is 0 Å². The molecule has 2 aromatic heterocycles. The summed E-state index contributed by atoms with van der Waals surface area (Å²) < 4.78 is 43.4. The summed E-state index contributed by atoms with van der Waals surface area (Å²) in [7, 11) is -4.08. The molecule has 0 atom stereocenters. The van der Waals surface area contributed by atoms with Crippen LogP contribution in [0.3, 0.4) is 0 Å². The normalized spacial score (nSPS) is 11.9. The molecule has 33 heavy (non-hydrogen) atoms. The molecule has 0 radical (unpaired) electrons. The Labute approximate surface area is 197 Å². The zero-order chi connectivity index (χ0) is 23.8. The van der Waals surface area contributed by atoms with Crippen molar-refractivity contribution in [2.45, 2.75) is 18.7 Å². The molecule has 0 spiro atoms. The molecular weight excluding hydrogens is 463 g/mol. The molecule has 0 bridgehead atoms. The Morgan fingerprint density at radius 3 is 2.36 bits per heavy atom. The number of sulfonamides is 1. The van der Waals surface area contributed by atoms with Crippen LogP contribution in [0.25, 0.3) is 16.6 Å². The van der Waals surface area contributed by atoms with Crippen molar-refractivity contribution < 1.29 is 17.6 Å². The van der Waals surface area contributed by atoms with E-state index in [4.69, 9.17) is 11.6 Å². The van der Waals surface area contributed by atoms with E-state index in [1.165, 1.54) is 6.07 Å². The number of pyridine rings is 1. The Morgan fingerprint density at radius 2 is 1.70 bits per heavy atom. The van der Waals surface area contributed by atoms with Crippen LogP contribution in [-0.4, -0.2) is 36.0 Å². The van der Waals surface area contributed by atoms with E-state index in [0.29, 0.717) is 16.3 Å². The first-order valence-corrected chi connectivity index (χ1v) is 12.3. The van der Waals surface area contributed by atoms with Gasteiger partial charge in [-0.1, -0.05) is 43.6 Å². The van der Waals surface area contributed by atoms with Crippen molar-refractivity contribution in [3.05, 3.63) is 95.0 Å². The maximum atomic E-state index is 14.6. The second kappa shape index (κ2) is 9.09. The molecule has 0 saturated carbocycles. The van der Waals surface area contributed by atoms with Gasteiger partial charge in [-0.2, -0.15) is 4.31 Å². The van der Waals surface area contributed by atoms with Crippen LogP contribution < -0.4 is 0 Å². The second-order valence-corrected chi connectivity index (χ2v) is 9.82. The third-order valence-corrected chi connectivity index (χ3v) is 7.88. The summed E-state index contributed by atoms with van der Waals surface area (Å²) in [5, 5.41) is 0.570. The van der Waals surface area contributed by atoms with E-state index in [-0.39, 0.29) is 18.7 Å². The van der Waals surface area contributed by atoms with Crippen molar-refractivity contribution in [1.29, 1.82) is 0 Å². The van der Waals surface area contributed by atoms with Crippen LogP contribution in [0.5, 0.6) is 0 Å². The lowest BCUT2D eigenvalue weighted by atomic mass is 10.0. The van der Waals surface area contributed by atoms with Crippen LogP contribution in [-0.2, 0) is 10.0 Å². The Morgan fingerprint density at radius 1 is 1.00 bits per heavy atom. The highest BCUT2D eigenvalue weighted by atomic mass is 35.5. The summed E-state index contributed by atoms with van der Waals surface area (Å²) in [4.78, 5) is 13.2. The number of hydrogen-bond acceptors (Lipinski definition) is 3. The minimum absolute atomic E-state index is 0.0844. The average Bonchev–Trinajstić information content (AvgIpc) is 3.19. The Balaban J connectivity index is 1.90. The second-order valence-electron chi connectivity index (χ2n) is 7.47. The lowest BCUT2D eigenvalue weighted by molar-refractivity contribution is 0.103. The number of aromatic nitrogens is 1. The van der Waals surface area contributed by atoms with E-state index in [2.05, 4.69) is 0 Å². The molecule has 0 aliphatic carbocycles. The fraction of sp³-hybridized carbons (Fsp3) is 0.160. The number of fused-ring (bicyclic) bond motifs is 1. The average molecular weight is 485 g/mol. The molecule has 170 valence electrons. The van der Waals surface area contributed by atoms with Crippen LogP contribution in [0.1, 0.15) is 29.9 Å². The summed E-state index contributed by atoms with van der Waals surface area (Å²) in [6, 6.07) is 18.0. The van der Waals surface area contributed by atoms with Crippen molar-refractivity contribution >= 4 is 32.9 Å². The monoisotopic (exact) mass is 484 g/mol. The van der Waals surface area contributed by atoms with E-state index in [1.54, 1.807) is 42.6 Å². The van der Waals surface area contributed by atoms with Gasteiger partial charge in [0.2, 0.25) is 15.8 Å². The summed E-state index contributed by atoms with van der Waals surface area (Å²) in [6.45, 7) is 3.75. The predicted molar refractivity (Wildman–Crippen MR) is 128 cm³/mol. The van der Waals surface area contributed by atoms with Crippen molar-refractivity contribution in [1.82, 2.24) is 8.71 Å². The molecule has 5 nitrogen and oxygen atoms in total. The Kier molecular flexibility index (Phi) is 6.38. The van der Waals surface area contributed by atoms with Gasteiger partial charge in [0.25, 0.3) is 0 Å². The van der Waals surface area contributed by atoms with Gasteiger partial charge < -0.3 is 4.40 Å². The molecule has 4 aromatic rings. The summed E-state index contributed by atoms with van der Waals surface area (Å²) in [5.74, 6) is -1.31. The van der Waals surface area contributed by atoms with E-state index >= 15 is 0 Å². The number of carbonyl (C=O) groups is 1. The fourth-order valence-corrected chi connectivity index (χ4v) is 5.56. The maximum absolute atomic E-state index is 14.6. The molecule has 4 rings (SSSR count). The van der Waals surface area contributed by atoms with Gasteiger partial charge in [0.1, 0.15) is 16.4 Å². The number of halogens is 2. The van der Waals surface area contributed by atoms with Gasteiger partial charge in [-0.25, -0.2) is 12.8 Å². The van der Waals surface area contributed by atoms with Gasteiger partial charge in [-0.3, -0.25) is 4.79 Å². The quantitative estimate of drug-likeness (QED) is 0.318. The smallest absolute Gasteiger partial charge is 0.245 e. The number of nitrogens with zero attached hydrogens (tertiary/aromatic N) is 2. The minimum atomic E-state index is -4.08. The molecule has 2 aromatic carbocycles. The number of rotatable bonds is 7. The summed E-state index contributed by atoms with van der Waals surface area (Å²) >= 11 is 6.03. The van der Waals surface area contributed by atoms with Crippen LogP contribution in [0.4, 0.5) is 4.39 Å². The van der Waals surface area contributed by atoms with Crippen molar-refractivity contribution in [3.63, 3.8) is 0 Å². The van der Waals surface area contributed by atoms with Crippen LogP contribution >= 0.6 is 11.6 Å². The first-order valence-electron chi connectivity index (χ1n) is 10.5. The molecule has 8 heteroatoms. The maximum Gasteiger partial charge on any atom is 0.245 e. The molecule has 0 aliphatic rings. The molecule has 0 saturated heterocycles. The number of benzene rings is 2. The zero-order valence-corrected chi connectivity index (χ0v) is 19.7. The van der Waals surface area contributed by atoms with E-state index in [1.807, 2.05) is 30.3 Å². The van der Waals surface area contributed by atoms with Gasteiger partial charge in [-0.05, 0) is 54.1 Å². The van der Waals surface area contributed by atoms with Gasteiger partial charge >= 0.3 is 0 Å². The first-order chi connectivity index (χ1) is 15.8. The van der Waals surface area contributed by atoms with Gasteiger partial charge in [0.05, 0.1) is 0 Å². The molecule has 0 amide bonds. The number of ketones is 1. The highest BCUT2D eigenvalue weighted by Crippen LogP contribution is 2.31. The zero-order valence-electron chi connectivity index (χ0n) is 18.1. The molecule has 2 heterocycles. The van der Waals surface area contributed by atoms with Gasteiger partial charge in [-0.15, -0.1) is 0 Å². The highest BCUT2D eigenvalue weighted by molar-refractivity contribution is 7.89. The Hall–Kier alpha value is -3.00. The molecule has 0 fully saturated rings. The first kappa shape index (κ1) is 23.2. The highest BCUT2D eigenvalue weighted by Gasteiger charge is 2.28.